The molecule has 2 heterocycles. The summed E-state index contributed by atoms with van der Waals surface area (Å²) in [6, 6.07) is 13.4. The first-order valence-electron chi connectivity index (χ1n) is 10.3. The largest absolute Gasteiger partial charge is 0.484 e. The van der Waals surface area contributed by atoms with Gasteiger partial charge in [0, 0.05) is 24.3 Å². The van der Waals surface area contributed by atoms with E-state index in [1.807, 2.05) is 6.07 Å². The van der Waals surface area contributed by atoms with Gasteiger partial charge in [0.25, 0.3) is 11.6 Å². The van der Waals surface area contributed by atoms with E-state index in [1.54, 1.807) is 24.3 Å². The zero-order valence-electron chi connectivity index (χ0n) is 17.9. The summed E-state index contributed by atoms with van der Waals surface area (Å²) >= 11 is 1.35. The van der Waals surface area contributed by atoms with Crippen molar-refractivity contribution in [2.24, 2.45) is 0 Å². The van der Waals surface area contributed by atoms with Crippen LogP contribution in [-0.4, -0.2) is 62.0 Å². The van der Waals surface area contributed by atoms with Crippen LogP contribution < -0.4 is 10.1 Å². The quantitative estimate of drug-likeness (QED) is 0.252. The van der Waals surface area contributed by atoms with E-state index in [0.717, 1.165) is 5.56 Å². The Balaban J connectivity index is 1.43. The fourth-order valence-corrected chi connectivity index (χ4v) is 5.53. The van der Waals surface area contributed by atoms with Gasteiger partial charge in [-0.1, -0.05) is 36.9 Å². The van der Waals surface area contributed by atoms with E-state index in [9.17, 15) is 29.6 Å². The molecule has 34 heavy (non-hydrogen) atoms. The first-order valence-corrected chi connectivity index (χ1v) is 11.4. The zero-order valence-corrected chi connectivity index (χ0v) is 18.7. The van der Waals surface area contributed by atoms with Crippen molar-refractivity contribution in [1.82, 2.24) is 10.2 Å². The molecule has 0 radical (unpaired) electrons. The maximum atomic E-state index is 13.1. The lowest BCUT2D eigenvalue weighted by atomic mass is 9.79. The third-order valence-corrected chi connectivity index (χ3v) is 7.20. The number of non-ortho nitro benzene ring substituents is 1. The molecule has 0 saturated carbocycles. The highest BCUT2D eigenvalue weighted by atomic mass is 32.2. The molecule has 2 aromatic carbocycles. The van der Waals surface area contributed by atoms with Gasteiger partial charge in [0.1, 0.15) is 17.2 Å². The number of nitrogens with one attached hydrogen (secondary N) is 1. The number of fused-ring (bicyclic) bond motifs is 1. The van der Waals surface area contributed by atoms with Crippen molar-refractivity contribution in [3.05, 3.63) is 82.4 Å². The standard InChI is InChI=1S/C23H21N3O7S/c1-14-13-34-21-19(24-18(27)12-33-17-9-7-16(8-10-17)26(31)32)20(28)25(21)23(14,22(29)30)11-15-5-3-2-4-6-15/h2-10,19,21H,1,11-13H2,(H,24,27)(H,29,30). The van der Waals surface area contributed by atoms with E-state index >= 15 is 0 Å². The number of amides is 2. The minimum atomic E-state index is -1.59. The van der Waals surface area contributed by atoms with Gasteiger partial charge in [-0.05, 0) is 23.3 Å². The van der Waals surface area contributed by atoms with Crippen LogP contribution in [0, 0.1) is 10.1 Å². The minimum absolute atomic E-state index is 0.0781. The predicted octanol–water partition coefficient (Wildman–Crippen LogP) is 2.00. The SMILES string of the molecule is C=C1CSC2C(NC(=O)COc3ccc([N+](=O)[O-])cc3)C(=O)N2C1(Cc1ccccc1)C(=O)O. The average molecular weight is 484 g/mol. The van der Waals surface area contributed by atoms with Crippen LogP contribution in [-0.2, 0) is 20.8 Å². The van der Waals surface area contributed by atoms with Crippen LogP contribution in [0.1, 0.15) is 5.56 Å². The lowest BCUT2D eigenvalue weighted by Crippen LogP contribution is -2.79. The van der Waals surface area contributed by atoms with Crippen LogP contribution in [0.15, 0.2) is 66.7 Å². The Bertz CT molecular complexity index is 1150. The fraction of sp³-hybridized carbons (Fsp3) is 0.261. The summed E-state index contributed by atoms with van der Waals surface area (Å²) in [4.78, 5) is 49.4. The van der Waals surface area contributed by atoms with E-state index in [1.165, 1.54) is 40.9 Å². The number of ether oxygens (including phenoxy) is 1. The van der Waals surface area contributed by atoms with Crippen LogP contribution >= 0.6 is 11.8 Å². The van der Waals surface area contributed by atoms with Crippen molar-refractivity contribution < 1.29 is 29.2 Å². The molecule has 0 bridgehead atoms. The Morgan fingerprint density at radius 1 is 1.24 bits per heavy atom. The number of thioether (sulfide) groups is 1. The number of carboxylic acids is 1. The molecule has 4 rings (SSSR count). The number of rotatable bonds is 8. The Kier molecular flexibility index (Phi) is 6.29. The summed E-state index contributed by atoms with van der Waals surface area (Å²) in [6.07, 6.45) is 0.0781. The lowest BCUT2D eigenvalue weighted by molar-refractivity contribution is -0.384. The van der Waals surface area contributed by atoms with Crippen LogP contribution in [0.2, 0.25) is 0 Å². The Morgan fingerprint density at radius 2 is 1.91 bits per heavy atom. The van der Waals surface area contributed by atoms with Crippen molar-refractivity contribution in [2.45, 2.75) is 23.4 Å². The molecule has 176 valence electrons. The Hall–Kier alpha value is -3.86. The van der Waals surface area contributed by atoms with Gasteiger partial charge >= 0.3 is 5.97 Å². The minimum Gasteiger partial charge on any atom is -0.484 e. The molecule has 2 amide bonds. The molecule has 3 atom stereocenters. The van der Waals surface area contributed by atoms with Gasteiger partial charge in [0.2, 0.25) is 5.91 Å². The number of β-lactam (4-membered cyclic amide) rings is 1. The highest BCUT2D eigenvalue weighted by Gasteiger charge is 2.64. The Labute approximate surface area is 198 Å². The van der Waals surface area contributed by atoms with Gasteiger partial charge in [-0.2, -0.15) is 0 Å². The van der Waals surface area contributed by atoms with E-state index in [-0.39, 0.29) is 17.9 Å². The topological polar surface area (TPSA) is 139 Å². The summed E-state index contributed by atoms with van der Waals surface area (Å²) in [5, 5.41) is 23.0. The van der Waals surface area contributed by atoms with Crippen LogP contribution in [0.5, 0.6) is 5.75 Å². The number of carbonyl (C=O) groups excluding carboxylic acids is 2. The van der Waals surface area contributed by atoms with Crippen molar-refractivity contribution in [3.63, 3.8) is 0 Å². The van der Waals surface area contributed by atoms with Gasteiger partial charge in [0.05, 0.1) is 4.92 Å². The molecular formula is C23H21N3O7S. The Morgan fingerprint density at radius 3 is 2.53 bits per heavy atom. The number of nitro benzene ring substituents is 1. The van der Waals surface area contributed by atoms with E-state index in [0.29, 0.717) is 11.3 Å². The molecule has 2 fully saturated rings. The number of aliphatic carboxylic acids is 1. The van der Waals surface area contributed by atoms with Crippen molar-refractivity contribution in [2.75, 3.05) is 12.4 Å². The summed E-state index contributed by atoms with van der Waals surface area (Å²) in [7, 11) is 0. The monoisotopic (exact) mass is 483 g/mol. The third kappa shape index (κ3) is 4.10. The number of benzene rings is 2. The predicted molar refractivity (Wildman–Crippen MR) is 123 cm³/mol. The van der Waals surface area contributed by atoms with Gasteiger partial charge < -0.3 is 20.1 Å². The number of carboxylic acid groups (broad SMARTS) is 1. The maximum absolute atomic E-state index is 13.1. The smallest absolute Gasteiger partial charge is 0.334 e. The number of nitro groups is 1. The molecule has 2 aliphatic rings. The average Bonchev–Trinajstić information content (AvgIpc) is 2.83. The van der Waals surface area contributed by atoms with Gasteiger partial charge in [-0.15, -0.1) is 11.8 Å². The van der Waals surface area contributed by atoms with Crippen LogP contribution in [0.4, 0.5) is 5.69 Å². The molecule has 0 spiro atoms. The molecule has 2 saturated heterocycles. The number of carbonyl (C=O) groups is 3. The summed E-state index contributed by atoms with van der Waals surface area (Å²) in [6.45, 7) is 3.56. The summed E-state index contributed by atoms with van der Waals surface area (Å²) in [5.41, 5.74) is -0.520. The first kappa shape index (κ1) is 23.3. The second-order valence-electron chi connectivity index (χ2n) is 7.93. The fourth-order valence-electron chi connectivity index (χ4n) is 4.11. The highest BCUT2D eigenvalue weighted by Crippen LogP contribution is 2.47. The molecular weight excluding hydrogens is 462 g/mol. The van der Waals surface area contributed by atoms with Crippen molar-refractivity contribution in [1.29, 1.82) is 0 Å². The molecule has 0 aromatic heterocycles. The van der Waals surface area contributed by atoms with Gasteiger partial charge in [-0.25, -0.2) is 4.79 Å². The summed E-state index contributed by atoms with van der Waals surface area (Å²) in [5.74, 6) is -1.63. The van der Waals surface area contributed by atoms with Gasteiger partial charge in [-0.3, -0.25) is 19.7 Å². The second-order valence-corrected chi connectivity index (χ2v) is 9.03. The first-order chi connectivity index (χ1) is 16.2. The lowest BCUT2D eigenvalue weighted by Gasteiger charge is -2.58. The molecule has 3 unspecified atom stereocenters. The second kappa shape index (κ2) is 9.18. The van der Waals surface area contributed by atoms with E-state index in [2.05, 4.69) is 11.9 Å². The third-order valence-electron chi connectivity index (χ3n) is 5.86. The summed E-state index contributed by atoms with van der Waals surface area (Å²) < 4.78 is 5.34. The molecule has 0 aliphatic carbocycles. The van der Waals surface area contributed by atoms with Crippen molar-refractivity contribution in [3.8, 4) is 5.75 Å². The maximum Gasteiger partial charge on any atom is 0.334 e. The molecule has 2 N–H and O–H groups in total. The van der Waals surface area contributed by atoms with E-state index in [4.69, 9.17) is 4.74 Å². The van der Waals surface area contributed by atoms with Crippen molar-refractivity contribution >= 4 is 35.2 Å². The van der Waals surface area contributed by atoms with Crippen LogP contribution in [0.25, 0.3) is 0 Å². The molecule has 2 aromatic rings. The van der Waals surface area contributed by atoms with Gasteiger partial charge in [0.15, 0.2) is 12.1 Å². The molecule has 2 aliphatic heterocycles. The highest BCUT2D eigenvalue weighted by molar-refractivity contribution is 8.00. The number of hydrogen-bond donors (Lipinski definition) is 2. The number of nitrogens with zero attached hydrogens (tertiary/aromatic N) is 2. The zero-order chi connectivity index (χ0) is 24.5. The van der Waals surface area contributed by atoms with Crippen LogP contribution in [0.3, 0.4) is 0 Å². The van der Waals surface area contributed by atoms with E-state index < -0.39 is 46.3 Å². The molecule has 10 nitrogen and oxygen atoms in total. The normalized spacial score (nSPS) is 23.5. The number of hydrogen-bond acceptors (Lipinski definition) is 7. The molecule has 11 heteroatoms.